The van der Waals surface area contributed by atoms with Gasteiger partial charge in [-0.1, -0.05) is 38.3 Å². The Morgan fingerprint density at radius 3 is 2.28 bits per heavy atom. The highest BCUT2D eigenvalue weighted by atomic mass is 35.5. The van der Waals surface area contributed by atoms with E-state index < -0.39 is 6.10 Å². The van der Waals surface area contributed by atoms with E-state index in [9.17, 15) is 9.50 Å². The minimum absolute atomic E-state index is 0.197. The molecule has 18 heavy (non-hydrogen) atoms. The van der Waals surface area contributed by atoms with E-state index >= 15 is 0 Å². The van der Waals surface area contributed by atoms with Gasteiger partial charge in [-0.2, -0.15) is 0 Å². The standard InChI is InChI=1S/C15H22ClFO/c1-4-6-11(7-5-2)15(18)12-8-10(3)14(17)9-13(12)16/h8-9,11,15,18H,4-7H2,1-3H3. The number of benzene rings is 1. The summed E-state index contributed by atoms with van der Waals surface area (Å²) in [5.41, 5.74) is 1.18. The van der Waals surface area contributed by atoms with E-state index in [4.69, 9.17) is 11.6 Å². The van der Waals surface area contributed by atoms with E-state index in [2.05, 4.69) is 13.8 Å². The van der Waals surface area contributed by atoms with Crippen molar-refractivity contribution in [2.75, 3.05) is 0 Å². The van der Waals surface area contributed by atoms with Crippen LogP contribution in [-0.2, 0) is 0 Å². The maximum Gasteiger partial charge on any atom is 0.127 e. The van der Waals surface area contributed by atoms with Crippen LogP contribution < -0.4 is 0 Å². The molecule has 102 valence electrons. The summed E-state index contributed by atoms with van der Waals surface area (Å²) < 4.78 is 13.4. The Hall–Kier alpha value is -0.600. The number of aliphatic hydroxyl groups is 1. The van der Waals surface area contributed by atoms with Crippen LogP contribution >= 0.6 is 11.6 Å². The van der Waals surface area contributed by atoms with Crippen molar-refractivity contribution in [2.24, 2.45) is 5.92 Å². The van der Waals surface area contributed by atoms with Crippen LogP contribution in [0.2, 0.25) is 5.02 Å². The summed E-state index contributed by atoms with van der Waals surface area (Å²) in [6.45, 7) is 5.90. The molecule has 0 amide bonds. The first-order valence-electron chi connectivity index (χ1n) is 6.64. The lowest BCUT2D eigenvalue weighted by Crippen LogP contribution is -2.13. The van der Waals surface area contributed by atoms with E-state index in [0.29, 0.717) is 16.1 Å². The minimum atomic E-state index is -0.600. The summed E-state index contributed by atoms with van der Waals surface area (Å²) in [5.74, 6) is -0.124. The van der Waals surface area contributed by atoms with Gasteiger partial charge in [0.25, 0.3) is 0 Å². The molecule has 0 saturated carbocycles. The van der Waals surface area contributed by atoms with Crippen molar-refractivity contribution >= 4 is 11.6 Å². The third-order valence-corrected chi connectivity index (χ3v) is 3.69. The molecule has 0 fully saturated rings. The maximum atomic E-state index is 13.4. The molecule has 1 unspecified atom stereocenters. The van der Waals surface area contributed by atoms with Crippen LogP contribution in [0.25, 0.3) is 0 Å². The van der Waals surface area contributed by atoms with Crippen LogP contribution in [0.1, 0.15) is 56.8 Å². The van der Waals surface area contributed by atoms with Gasteiger partial charge in [-0.25, -0.2) is 4.39 Å². The van der Waals surface area contributed by atoms with Crippen molar-refractivity contribution in [2.45, 2.75) is 52.6 Å². The number of aryl methyl sites for hydroxylation is 1. The summed E-state index contributed by atoms with van der Waals surface area (Å²) in [6.07, 6.45) is 3.37. The van der Waals surface area contributed by atoms with E-state index in [-0.39, 0.29) is 11.7 Å². The van der Waals surface area contributed by atoms with Gasteiger partial charge >= 0.3 is 0 Å². The molecular formula is C15H22ClFO. The molecule has 1 aromatic carbocycles. The third-order valence-electron chi connectivity index (χ3n) is 3.36. The average molecular weight is 273 g/mol. The molecule has 1 nitrogen and oxygen atoms in total. The van der Waals surface area contributed by atoms with Crippen molar-refractivity contribution in [3.8, 4) is 0 Å². The number of hydrogen-bond acceptors (Lipinski definition) is 1. The Morgan fingerprint density at radius 1 is 1.22 bits per heavy atom. The van der Waals surface area contributed by atoms with Gasteiger partial charge in [0, 0.05) is 5.02 Å². The van der Waals surface area contributed by atoms with Gasteiger partial charge in [-0.3, -0.25) is 0 Å². The predicted octanol–water partition coefficient (Wildman–Crippen LogP) is 5.04. The summed E-state index contributed by atoms with van der Waals surface area (Å²) in [6, 6.07) is 2.96. The molecule has 1 atom stereocenters. The second-order valence-electron chi connectivity index (χ2n) is 4.91. The second kappa shape index (κ2) is 7.10. The topological polar surface area (TPSA) is 20.2 Å². The fraction of sp³-hybridized carbons (Fsp3) is 0.600. The molecule has 0 spiro atoms. The highest BCUT2D eigenvalue weighted by Gasteiger charge is 2.22. The van der Waals surface area contributed by atoms with Crippen LogP contribution in [-0.4, -0.2) is 5.11 Å². The molecule has 0 aromatic heterocycles. The summed E-state index contributed by atoms with van der Waals surface area (Å²) in [4.78, 5) is 0. The Labute approximate surface area is 114 Å². The SMILES string of the molecule is CCCC(CCC)C(O)c1cc(C)c(F)cc1Cl. The van der Waals surface area contributed by atoms with Crippen molar-refractivity contribution < 1.29 is 9.50 Å². The lowest BCUT2D eigenvalue weighted by atomic mass is 9.88. The van der Waals surface area contributed by atoms with Crippen LogP contribution in [0.5, 0.6) is 0 Å². The van der Waals surface area contributed by atoms with Crippen LogP contribution in [0.15, 0.2) is 12.1 Å². The average Bonchev–Trinajstić information content (AvgIpc) is 2.33. The molecule has 3 heteroatoms. The van der Waals surface area contributed by atoms with Gasteiger partial charge in [-0.05, 0) is 48.9 Å². The first-order chi connectivity index (χ1) is 8.51. The van der Waals surface area contributed by atoms with Gasteiger partial charge in [-0.15, -0.1) is 0 Å². The van der Waals surface area contributed by atoms with Crippen molar-refractivity contribution in [3.63, 3.8) is 0 Å². The van der Waals surface area contributed by atoms with Gasteiger partial charge in [0.05, 0.1) is 6.10 Å². The fourth-order valence-corrected chi connectivity index (χ4v) is 2.62. The van der Waals surface area contributed by atoms with Crippen LogP contribution in [0.3, 0.4) is 0 Å². The minimum Gasteiger partial charge on any atom is -0.388 e. The van der Waals surface area contributed by atoms with Gasteiger partial charge in [0.1, 0.15) is 5.82 Å². The monoisotopic (exact) mass is 272 g/mol. The summed E-state index contributed by atoms with van der Waals surface area (Å²) in [7, 11) is 0. The van der Waals surface area contributed by atoms with Gasteiger partial charge in [0.15, 0.2) is 0 Å². The number of aliphatic hydroxyl groups excluding tert-OH is 1. The lowest BCUT2D eigenvalue weighted by Gasteiger charge is -2.23. The Balaban J connectivity index is 3.00. The quantitative estimate of drug-likeness (QED) is 0.769. The molecular weight excluding hydrogens is 251 g/mol. The van der Waals surface area contributed by atoms with Gasteiger partial charge < -0.3 is 5.11 Å². The molecule has 1 aromatic rings. The first-order valence-corrected chi connectivity index (χ1v) is 7.02. The smallest absolute Gasteiger partial charge is 0.127 e. The van der Waals surface area contributed by atoms with E-state index in [0.717, 1.165) is 25.7 Å². The van der Waals surface area contributed by atoms with Crippen LogP contribution in [0, 0.1) is 18.7 Å². The molecule has 0 aliphatic carbocycles. The van der Waals surface area contributed by atoms with E-state index in [1.54, 1.807) is 13.0 Å². The first kappa shape index (κ1) is 15.5. The zero-order valence-corrected chi connectivity index (χ0v) is 12.1. The summed E-state index contributed by atoms with van der Waals surface area (Å²) >= 11 is 6.04. The molecule has 0 aliphatic rings. The number of rotatable bonds is 6. The van der Waals surface area contributed by atoms with Crippen LogP contribution in [0.4, 0.5) is 4.39 Å². The molecule has 0 bridgehead atoms. The van der Waals surface area contributed by atoms with Crippen molar-refractivity contribution in [1.82, 2.24) is 0 Å². The van der Waals surface area contributed by atoms with Crippen molar-refractivity contribution in [3.05, 3.63) is 34.1 Å². The molecule has 0 aliphatic heterocycles. The molecule has 0 radical (unpaired) electrons. The Bertz CT molecular complexity index is 386. The lowest BCUT2D eigenvalue weighted by molar-refractivity contribution is 0.0964. The predicted molar refractivity (Wildman–Crippen MR) is 74.4 cm³/mol. The highest BCUT2D eigenvalue weighted by molar-refractivity contribution is 6.31. The zero-order valence-electron chi connectivity index (χ0n) is 11.3. The zero-order chi connectivity index (χ0) is 13.7. The highest BCUT2D eigenvalue weighted by Crippen LogP contribution is 2.34. The molecule has 1 N–H and O–H groups in total. The molecule has 1 rings (SSSR count). The number of halogens is 2. The molecule has 0 heterocycles. The van der Waals surface area contributed by atoms with Crippen molar-refractivity contribution in [1.29, 1.82) is 0 Å². The number of hydrogen-bond donors (Lipinski definition) is 1. The van der Waals surface area contributed by atoms with Gasteiger partial charge in [0.2, 0.25) is 0 Å². The Morgan fingerprint density at radius 2 is 1.78 bits per heavy atom. The Kier molecular flexibility index (Phi) is 6.10. The normalized spacial score (nSPS) is 13.1. The molecule has 0 saturated heterocycles. The second-order valence-corrected chi connectivity index (χ2v) is 5.31. The fourth-order valence-electron chi connectivity index (χ4n) is 2.36. The summed E-state index contributed by atoms with van der Waals surface area (Å²) in [5, 5.41) is 10.8. The van der Waals surface area contributed by atoms with E-state index in [1.165, 1.54) is 6.07 Å². The van der Waals surface area contributed by atoms with E-state index in [1.807, 2.05) is 0 Å². The maximum absolute atomic E-state index is 13.4. The third kappa shape index (κ3) is 3.69. The largest absolute Gasteiger partial charge is 0.388 e.